The molecule has 170 valence electrons. The molecule has 6 nitrogen and oxygen atoms in total. The summed E-state index contributed by atoms with van der Waals surface area (Å²) in [6.45, 7) is 11.0. The third-order valence-corrected chi connectivity index (χ3v) is 6.69. The number of benzene rings is 2. The van der Waals surface area contributed by atoms with Crippen LogP contribution in [0.4, 0.5) is 0 Å². The predicted molar refractivity (Wildman–Crippen MR) is 135 cm³/mol. The average molecular weight is 441 g/mol. The molecule has 0 saturated carbocycles. The molecule has 0 aliphatic carbocycles. The molecular formula is C27H32N6. The van der Waals surface area contributed by atoms with E-state index in [9.17, 15) is 0 Å². The van der Waals surface area contributed by atoms with Crippen LogP contribution in [0.3, 0.4) is 0 Å². The second-order valence-electron chi connectivity index (χ2n) is 8.99. The van der Waals surface area contributed by atoms with Crippen molar-refractivity contribution in [1.29, 1.82) is 0 Å². The standard InChI is InChI=1S/C27H32N6/c1-3-32-11-13-33(14-12-32)17-20-7-9-21(10-8-20)25-16-24-26(29-18-30-27(24)31-25)23-6-4-5-22(15-23)19(2)28/h4-10,15-16,18-19H,3,11-14,17,28H2,1-2H3,(H,29,30,31). The lowest BCUT2D eigenvalue weighted by Crippen LogP contribution is -2.45. The summed E-state index contributed by atoms with van der Waals surface area (Å²) in [5.41, 5.74) is 13.6. The van der Waals surface area contributed by atoms with Crippen molar-refractivity contribution in [3.63, 3.8) is 0 Å². The van der Waals surface area contributed by atoms with Crippen LogP contribution in [0.15, 0.2) is 60.9 Å². The normalized spacial score (nSPS) is 16.3. The highest BCUT2D eigenvalue weighted by molar-refractivity contribution is 5.94. The van der Waals surface area contributed by atoms with Gasteiger partial charge in [0.15, 0.2) is 0 Å². The first-order valence-corrected chi connectivity index (χ1v) is 11.8. The van der Waals surface area contributed by atoms with Gasteiger partial charge >= 0.3 is 0 Å². The van der Waals surface area contributed by atoms with Gasteiger partial charge in [0.05, 0.1) is 5.69 Å². The Labute approximate surface area is 195 Å². The molecule has 0 bridgehead atoms. The Kier molecular flexibility index (Phi) is 6.22. The number of nitrogens with one attached hydrogen (secondary N) is 1. The minimum atomic E-state index is -0.0157. The number of aromatic amines is 1. The first-order chi connectivity index (χ1) is 16.1. The number of H-pyrrole nitrogens is 1. The molecule has 33 heavy (non-hydrogen) atoms. The fourth-order valence-electron chi connectivity index (χ4n) is 4.61. The van der Waals surface area contributed by atoms with Crippen LogP contribution in [0.25, 0.3) is 33.5 Å². The maximum atomic E-state index is 6.09. The molecule has 2 aromatic heterocycles. The molecule has 1 aliphatic rings. The molecule has 5 rings (SSSR count). The number of piperazine rings is 1. The van der Waals surface area contributed by atoms with E-state index in [1.165, 1.54) is 18.7 Å². The lowest BCUT2D eigenvalue weighted by Gasteiger charge is -2.34. The Morgan fingerprint density at radius 2 is 1.70 bits per heavy atom. The summed E-state index contributed by atoms with van der Waals surface area (Å²) in [6, 6.07) is 19.3. The molecule has 1 aliphatic heterocycles. The number of hydrogen-bond acceptors (Lipinski definition) is 5. The lowest BCUT2D eigenvalue weighted by molar-refractivity contribution is 0.132. The van der Waals surface area contributed by atoms with Gasteiger partial charge in [-0.15, -0.1) is 0 Å². The third kappa shape index (κ3) is 4.69. The molecule has 0 radical (unpaired) electrons. The summed E-state index contributed by atoms with van der Waals surface area (Å²) < 4.78 is 0. The maximum absolute atomic E-state index is 6.09. The first-order valence-electron chi connectivity index (χ1n) is 11.8. The van der Waals surface area contributed by atoms with E-state index in [1.807, 2.05) is 13.0 Å². The monoisotopic (exact) mass is 440 g/mol. The van der Waals surface area contributed by atoms with Gasteiger partial charge in [0, 0.05) is 55.4 Å². The zero-order valence-electron chi connectivity index (χ0n) is 19.5. The lowest BCUT2D eigenvalue weighted by atomic mass is 10.0. The van der Waals surface area contributed by atoms with Gasteiger partial charge in [0.2, 0.25) is 0 Å². The van der Waals surface area contributed by atoms with Crippen molar-refractivity contribution in [2.24, 2.45) is 5.73 Å². The predicted octanol–water partition coefficient (Wildman–Crippen LogP) is 4.45. The van der Waals surface area contributed by atoms with Gasteiger partial charge in [-0.05, 0) is 42.3 Å². The van der Waals surface area contributed by atoms with E-state index in [0.717, 1.165) is 65.3 Å². The van der Waals surface area contributed by atoms with Gasteiger partial charge in [-0.3, -0.25) is 4.90 Å². The number of nitrogens with two attached hydrogens (primary N) is 1. The number of fused-ring (bicyclic) bond motifs is 1. The Morgan fingerprint density at radius 1 is 0.939 bits per heavy atom. The van der Waals surface area contributed by atoms with Crippen molar-refractivity contribution in [3.05, 3.63) is 72.1 Å². The highest BCUT2D eigenvalue weighted by atomic mass is 15.3. The fourth-order valence-corrected chi connectivity index (χ4v) is 4.61. The maximum Gasteiger partial charge on any atom is 0.141 e. The molecule has 4 aromatic rings. The van der Waals surface area contributed by atoms with Crippen LogP contribution in [0.5, 0.6) is 0 Å². The van der Waals surface area contributed by atoms with Crippen molar-refractivity contribution in [3.8, 4) is 22.5 Å². The van der Waals surface area contributed by atoms with E-state index in [2.05, 4.69) is 80.2 Å². The molecule has 3 N–H and O–H groups in total. The Morgan fingerprint density at radius 3 is 2.42 bits per heavy atom. The summed E-state index contributed by atoms with van der Waals surface area (Å²) in [4.78, 5) is 17.6. The highest BCUT2D eigenvalue weighted by Gasteiger charge is 2.16. The Hall–Kier alpha value is -3.06. The van der Waals surface area contributed by atoms with E-state index in [1.54, 1.807) is 6.33 Å². The van der Waals surface area contributed by atoms with Crippen molar-refractivity contribution in [1.82, 2.24) is 24.8 Å². The van der Waals surface area contributed by atoms with E-state index in [-0.39, 0.29) is 6.04 Å². The summed E-state index contributed by atoms with van der Waals surface area (Å²) in [7, 11) is 0. The second kappa shape index (κ2) is 9.43. The highest BCUT2D eigenvalue weighted by Crippen LogP contribution is 2.31. The van der Waals surface area contributed by atoms with E-state index in [0.29, 0.717) is 0 Å². The number of aromatic nitrogens is 3. The van der Waals surface area contributed by atoms with Gasteiger partial charge in [0.25, 0.3) is 0 Å². The van der Waals surface area contributed by atoms with Crippen LogP contribution in [-0.4, -0.2) is 57.5 Å². The smallest absolute Gasteiger partial charge is 0.141 e. The molecule has 1 atom stereocenters. The van der Waals surface area contributed by atoms with Crippen molar-refractivity contribution in [2.45, 2.75) is 26.4 Å². The molecule has 3 heterocycles. The number of likely N-dealkylation sites (N-methyl/N-ethyl adjacent to an activating group) is 1. The average Bonchev–Trinajstić information content (AvgIpc) is 3.29. The third-order valence-electron chi connectivity index (χ3n) is 6.69. The SMILES string of the molecule is CCN1CCN(Cc2ccc(-c3cc4c(-c5cccc(C(C)N)c5)ncnc4[nH]3)cc2)CC1. The molecule has 1 fully saturated rings. The number of hydrogen-bond donors (Lipinski definition) is 2. The molecule has 1 unspecified atom stereocenters. The van der Waals surface area contributed by atoms with Crippen LogP contribution < -0.4 is 5.73 Å². The molecule has 0 spiro atoms. The van der Waals surface area contributed by atoms with Gasteiger partial charge in [-0.2, -0.15) is 0 Å². The Balaban J connectivity index is 1.37. The zero-order valence-corrected chi connectivity index (χ0v) is 19.5. The first kappa shape index (κ1) is 21.8. The molecule has 6 heteroatoms. The van der Waals surface area contributed by atoms with Gasteiger partial charge < -0.3 is 15.6 Å². The fraction of sp³-hybridized carbons (Fsp3) is 0.333. The van der Waals surface area contributed by atoms with Gasteiger partial charge in [-0.25, -0.2) is 9.97 Å². The zero-order chi connectivity index (χ0) is 22.8. The van der Waals surface area contributed by atoms with E-state index in [4.69, 9.17) is 5.73 Å². The largest absolute Gasteiger partial charge is 0.339 e. The molecular weight excluding hydrogens is 408 g/mol. The quantitative estimate of drug-likeness (QED) is 0.463. The van der Waals surface area contributed by atoms with Crippen molar-refractivity contribution >= 4 is 11.0 Å². The topological polar surface area (TPSA) is 74.1 Å². The summed E-state index contributed by atoms with van der Waals surface area (Å²) in [5, 5.41) is 1.02. The molecule has 1 saturated heterocycles. The number of nitrogens with zero attached hydrogens (tertiary/aromatic N) is 4. The van der Waals surface area contributed by atoms with Gasteiger partial charge in [-0.1, -0.05) is 49.4 Å². The van der Waals surface area contributed by atoms with Gasteiger partial charge in [0.1, 0.15) is 12.0 Å². The van der Waals surface area contributed by atoms with Crippen LogP contribution in [0, 0.1) is 0 Å². The van der Waals surface area contributed by atoms with Crippen LogP contribution >= 0.6 is 0 Å². The van der Waals surface area contributed by atoms with Crippen molar-refractivity contribution in [2.75, 3.05) is 32.7 Å². The van der Waals surface area contributed by atoms with E-state index >= 15 is 0 Å². The van der Waals surface area contributed by atoms with Crippen LogP contribution in [0.1, 0.15) is 31.0 Å². The Bertz CT molecular complexity index is 1220. The summed E-state index contributed by atoms with van der Waals surface area (Å²) in [5.74, 6) is 0. The number of rotatable bonds is 6. The van der Waals surface area contributed by atoms with Crippen LogP contribution in [0.2, 0.25) is 0 Å². The van der Waals surface area contributed by atoms with Crippen molar-refractivity contribution < 1.29 is 0 Å². The molecule has 2 aromatic carbocycles. The van der Waals surface area contributed by atoms with E-state index < -0.39 is 0 Å². The summed E-state index contributed by atoms with van der Waals surface area (Å²) in [6.07, 6.45) is 1.62. The second-order valence-corrected chi connectivity index (χ2v) is 8.99. The minimum absolute atomic E-state index is 0.0157. The summed E-state index contributed by atoms with van der Waals surface area (Å²) >= 11 is 0. The van der Waals surface area contributed by atoms with Crippen LogP contribution in [-0.2, 0) is 6.54 Å². The minimum Gasteiger partial charge on any atom is -0.339 e. The molecule has 0 amide bonds.